The van der Waals surface area contributed by atoms with Gasteiger partial charge < -0.3 is 20.5 Å². The van der Waals surface area contributed by atoms with Crippen LogP contribution in [0.25, 0.3) is 0 Å². The van der Waals surface area contributed by atoms with E-state index in [2.05, 4.69) is 10.6 Å². The second kappa shape index (κ2) is 8.84. The van der Waals surface area contributed by atoms with Crippen molar-refractivity contribution in [3.05, 3.63) is 29.8 Å². The minimum absolute atomic E-state index is 0.418. The quantitative estimate of drug-likeness (QED) is 0.682. The van der Waals surface area contributed by atoms with Crippen LogP contribution in [-0.4, -0.2) is 36.8 Å². The summed E-state index contributed by atoms with van der Waals surface area (Å²) >= 11 is 0. The number of hydrogen-bond acceptors (Lipinski definition) is 3. The molecule has 6 nitrogen and oxygen atoms in total. The minimum atomic E-state index is -1.01. The van der Waals surface area contributed by atoms with E-state index in [1.807, 2.05) is 31.2 Å². The summed E-state index contributed by atoms with van der Waals surface area (Å²) in [7, 11) is 1.61. The van der Waals surface area contributed by atoms with E-state index in [1.54, 1.807) is 7.11 Å². The molecule has 1 aromatic carbocycles. The lowest BCUT2D eigenvalue weighted by atomic mass is 10.1. The van der Waals surface area contributed by atoms with Crippen LogP contribution in [0.2, 0.25) is 0 Å². The fourth-order valence-electron chi connectivity index (χ4n) is 1.87. The Morgan fingerprint density at radius 2 is 1.95 bits per heavy atom. The average molecular weight is 294 g/mol. The van der Waals surface area contributed by atoms with Gasteiger partial charge >= 0.3 is 12.0 Å². The number of aliphatic carboxylic acids is 1. The lowest BCUT2D eigenvalue weighted by Gasteiger charge is -2.14. The van der Waals surface area contributed by atoms with Crippen molar-refractivity contribution < 1.29 is 19.4 Å². The van der Waals surface area contributed by atoms with Gasteiger partial charge in [0, 0.05) is 6.54 Å². The summed E-state index contributed by atoms with van der Waals surface area (Å²) in [6.45, 7) is 2.32. The van der Waals surface area contributed by atoms with Crippen molar-refractivity contribution in [2.24, 2.45) is 0 Å². The van der Waals surface area contributed by atoms with Crippen molar-refractivity contribution in [3.8, 4) is 5.75 Å². The molecule has 2 amide bonds. The lowest BCUT2D eigenvalue weighted by Crippen LogP contribution is -2.46. The number of hydrogen-bond donors (Lipinski definition) is 3. The van der Waals surface area contributed by atoms with Gasteiger partial charge in [0.15, 0.2) is 0 Å². The highest BCUT2D eigenvalue weighted by molar-refractivity contribution is 5.82. The Morgan fingerprint density at radius 1 is 1.29 bits per heavy atom. The first-order valence-corrected chi connectivity index (χ1v) is 6.97. The van der Waals surface area contributed by atoms with Gasteiger partial charge in [-0.2, -0.15) is 0 Å². The Hall–Kier alpha value is -2.24. The topological polar surface area (TPSA) is 87.7 Å². The standard InChI is InChI=1S/C15H22N2O4/c1-3-4-13(14(18)19)17-15(20)16-10-9-11-5-7-12(21-2)8-6-11/h5-8,13H,3-4,9-10H2,1-2H3,(H,18,19)(H2,16,17,20)/t13-/m0/s1. The number of carboxylic acids is 1. The number of carbonyl (C=O) groups is 2. The molecule has 6 heteroatoms. The first-order valence-electron chi connectivity index (χ1n) is 6.97. The highest BCUT2D eigenvalue weighted by atomic mass is 16.5. The third kappa shape index (κ3) is 6.16. The summed E-state index contributed by atoms with van der Waals surface area (Å²) in [5.74, 6) is -0.226. The second-order valence-corrected chi connectivity index (χ2v) is 4.68. The summed E-state index contributed by atoms with van der Waals surface area (Å²) in [5.41, 5.74) is 1.07. The fourth-order valence-corrected chi connectivity index (χ4v) is 1.87. The van der Waals surface area contributed by atoms with Crippen LogP contribution in [0.4, 0.5) is 4.79 Å². The number of urea groups is 1. The molecule has 0 fully saturated rings. The van der Waals surface area contributed by atoms with E-state index < -0.39 is 18.0 Å². The zero-order valence-electron chi connectivity index (χ0n) is 12.4. The molecule has 0 aromatic heterocycles. The van der Waals surface area contributed by atoms with Crippen LogP contribution in [0.5, 0.6) is 5.75 Å². The molecular weight excluding hydrogens is 272 g/mol. The van der Waals surface area contributed by atoms with Crippen LogP contribution in [0, 0.1) is 0 Å². The van der Waals surface area contributed by atoms with Gasteiger partial charge in [-0.05, 0) is 30.5 Å². The van der Waals surface area contributed by atoms with Gasteiger partial charge in [0.2, 0.25) is 0 Å². The highest BCUT2D eigenvalue weighted by Crippen LogP contribution is 2.11. The van der Waals surface area contributed by atoms with Crippen molar-refractivity contribution in [1.29, 1.82) is 0 Å². The smallest absolute Gasteiger partial charge is 0.326 e. The van der Waals surface area contributed by atoms with Gasteiger partial charge in [0.05, 0.1) is 7.11 Å². The molecule has 0 spiro atoms. The van der Waals surface area contributed by atoms with Gasteiger partial charge in [0.1, 0.15) is 11.8 Å². The Balaban J connectivity index is 2.33. The Labute approximate surface area is 124 Å². The van der Waals surface area contributed by atoms with Gasteiger partial charge in [-0.15, -0.1) is 0 Å². The predicted octanol–water partition coefficient (Wildman–Crippen LogP) is 1.79. The van der Waals surface area contributed by atoms with E-state index in [-0.39, 0.29) is 0 Å². The Morgan fingerprint density at radius 3 is 2.48 bits per heavy atom. The number of benzene rings is 1. The van der Waals surface area contributed by atoms with Crippen LogP contribution in [0.3, 0.4) is 0 Å². The number of amides is 2. The maximum atomic E-state index is 11.6. The molecule has 116 valence electrons. The molecule has 0 aliphatic heterocycles. The summed E-state index contributed by atoms with van der Waals surface area (Å²) in [4.78, 5) is 22.5. The number of carboxylic acid groups (broad SMARTS) is 1. The SMILES string of the molecule is CCC[C@H](NC(=O)NCCc1ccc(OC)cc1)C(=O)O. The second-order valence-electron chi connectivity index (χ2n) is 4.68. The molecule has 1 atom stereocenters. The highest BCUT2D eigenvalue weighted by Gasteiger charge is 2.18. The number of rotatable bonds is 8. The summed E-state index contributed by atoms with van der Waals surface area (Å²) < 4.78 is 5.07. The predicted molar refractivity (Wildman–Crippen MR) is 79.6 cm³/mol. The number of methoxy groups -OCH3 is 1. The monoisotopic (exact) mass is 294 g/mol. The van der Waals surface area contributed by atoms with Gasteiger partial charge in [0.25, 0.3) is 0 Å². The molecule has 0 saturated carbocycles. The van der Waals surface area contributed by atoms with E-state index >= 15 is 0 Å². The number of ether oxygens (including phenoxy) is 1. The molecule has 0 saturated heterocycles. The average Bonchev–Trinajstić information content (AvgIpc) is 2.47. The molecule has 1 rings (SSSR count). The third-order valence-corrected chi connectivity index (χ3v) is 3.04. The normalized spacial score (nSPS) is 11.5. The lowest BCUT2D eigenvalue weighted by molar-refractivity contribution is -0.139. The van der Waals surface area contributed by atoms with E-state index in [0.29, 0.717) is 25.8 Å². The first kappa shape index (κ1) is 16.8. The summed E-state index contributed by atoms with van der Waals surface area (Å²) in [6.07, 6.45) is 1.78. The van der Waals surface area contributed by atoms with Crippen molar-refractivity contribution in [2.45, 2.75) is 32.2 Å². The van der Waals surface area contributed by atoms with Crippen LogP contribution in [0.1, 0.15) is 25.3 Å². The molecule has 0 aliphatic carbocycles. The summed E-state index contributed by atoms with van der Waals surface area (Å²) in [6, 6.07) is 6.28. The third-order valence-electron chi connectivity index (χ3n) is 3.04. The van der Waals surface area contributed by atoms with Crippen molar-refractivity contribution >= 4 is 12.0 Å². The van der Waals surface area contributed by atoms with Crippen molar-refractivity contribution in [2.75, 3.05) is 13.7 Å². The fraction of sp³-hybridized carbons (Fsp3) is 0.467. The number of nitrogens with one attached hydrogen (secondary N) is 2. The maximum Gasteiger partial charge on any atom is 0.326 e. The van der Waals surface area contributed by atoms with E-state index in [0.717, 1.165) is 11.3 Å². The largest absolute Gasteiger partial charge is 0.497 e. The zero-order valence-corrected chi connectivity index (χ0v) is 12.4. The minimum Gasteiger partial charge on any atom is -0.497 e. The molecule has 0 aliphatic rings. The van der Waals surface area contributed by atoms with E-state index in [1.165, 1.54) is 0 Å². The molecule has 0 bridgehead atoms. The van der Waals surface area contributed by atoms with Gasteiger partial charge in [-0.3, -0.25) is 0 Å². The van der Waals surface area contributed by atoms with E-state index in [4.69, 9.17) is 9.84 Å². The van der Waals surface area contributed by atoms with E-state index in [9.17, 15) is 9.59 Å². The van der Waals surface area contributed by atoms with Crippen LogP contribution >= 0.6 is 0 Å². The van der Waals surface area contributed by atoms with Crippen molar-refractivity contribution in [3.63, 3.8) is 0 Å². The number of carbonyl (C=O) groups excluding carboxylic acids is 1. The first-order chi connectivity index (χ1) is 10.1. The molecule has 3 N–H and O–H groups in total. The van der Waals surface area contributed by atoms with Crippen molar-refractivity contribution in [1.82, 2.24) is 10.6 Å². The molecule has 1 aromatic rings. The molecule has 21 heavy (non-hydrogen) atoms. The van der Waals surface area contributed by atoms with Crippen LogP contribution in [-0.2, 0) is 11.2 Å². The molecule has 0 unspecified atom stereocenters. The molecule has 0 heterocycles. The summed E-state index contributed by atoms with van der Waals surface area (Å²) in [5, 5.41) is 14.1. The van der Waals surface area contributed by atoms with Crippen LogP contribution < -0.4 is 15.4 Å². The molecular formula is C15H22N2O4. The van der Waals surface area contributed by atoms with Gasteiger partial charge in [-0.25, -0.2) is 9.59 Å². The Bertz CT molecular complexity index is 459. The Kier molecular flexibility index (Phi) is 7.08. The zero-order chi connectivity index (χ0) is 15.7. The van der Waals surface area contributed by atoms with Gasteiger partial charge in [-0.1, -0.05) is 25.5 Å². The maximum absolute atomic E-state index is 11.6. The molecule has 0 radical (unpaired) electrons. The van der Waals surface area contributed by atoms with Crippen LogP contribution in [0.15, 0.2) is 24.3 Å².